The highest BCUT2D eigenvalue weighted by atomic mass is 16.5. The summed E-state index contributed by atoms with van der Waals surface area (Å²) in [4.78, 5) is 19.9. The molecule has 0 aliphatic carbocycles. The SMILES string of the molecule is COc1nccnc1C(=O)C(C)(C)CN. The van der Waals surface area contributed by atoms with Crippen LogP contribution in [0.4, 0.5) is 0 Å². The van der Waals surface area contributed by atoms with Crippen molar-refractivity contribution in [2.24, 2.45) is 11.1 Å². The van der Waals surface area contributed by atoms with Crippen LogP contribution in [0.1, 0.15) is 24.3 Å². The molecule has 1 aromatic rings. The van der Waals surface area contributed by atoms with Gasteiger partial charge in [-0.05, 0) is 0 Å². The second-order valence-corrected chi connectivity index (χ2v) is 3.83. The molecule has 0 bridgehead atoms. The average molecular weight is 209 g/mol. The number of hydrogen-bond donors (Lipinski definition) is 1. The van der Waals surface area contributed by atoms with Crippen LogP contribution in [0.2, 0.25) is 0 Å². The zero-order valence-electron chi connectivity index (χ0n) is 9.15. The van der Waals surface area contributed by atoms with Gasteiger partial charge in [-0.1, -0.05) is 13.8 Å². The molecule has 1 aromatic heterocycles. The van der Waals surface area contributed by atoms with E-state index in [0.29, 0.717) is 0 Å². The minimum atomic E-state index is -0.649. The molecule has 0 saturated heterocycles. The highest BCUT2D eigenvalue weighted by Gasteiger charge is 2.30. The minimum absolute atomic E-state index is 0.157. The number of ether oxygens (including phenoxy) is 1. The topological polar surface area (TPSA) is 78.1 Å². The number of aromatic nitrogens is 2. The minimum Gasteiger partial charge on any atom is -0.479 e. The van der Waals surface area contributed by atoms with Crippen LogP contribution in [-0.2, 0) is 0 Å². The Morgan fingerprint density at radius 3 is 2.60 bits per heavy atom. The Balaban J connectivity index is 3.11. The van der Waals surface area contributed by atoms with E-state index < -0.39 is 5.41 Å². The number of nitrogens with zero attached hydrogens (tertiary/aromatic N) is 2. The monoisotopic (exact) mass is 209 g/mol. The first-order valence-corrected chi connectivity index (χ1v) is 4.63. The average Bonchev–Trinajstić information content (AvgIpc) is 2.28. The Morgan fingerprint density at radius 2 is 2.07 bits per heavy atom. The van der Waals surface area contributed by atoms with E-state index in [9.17, 15) is 4.79 Å². The zero-order valence-corrected chi connectivity index (χ0v) is 9.15. The van der Waals surface area contributed by atoms with Crippen molar-refractivity contribution in [2.75, 3.05) is 13.7 Å². The lowest BCUT2D eigenvalue weighted by atomic mass is 9.86. The molecular formula is C10H15N3O2. The molecule has 1 heterocycles. The molecule has 0 aromatic carbocycles. The van der Waals surface area contributed by atoms with Crippen molar-refractivity contribution in [3.8, 4) is 5.88 Å². The fraction of sp³-hybridized carbons (Fsp3) is 0.500. The van der Waals surface area contributed by atoms with Gasteiger partial charge in [0.1, 0.15) is 0 Å². The van der Waals surface area contributed by atoms with E-state index in [-0.39, 0.29) is 23.9 Å². The first-order chi connectivity index (χ1) is 7.03. The van der Waals surface area contributed by atoms with Gasteiger partial charge in [-0.25, -0.2) is 9.97 Å². The summed E-state index contributed by atoms with van der Waals surface area (Å²) in [7, 11) is 1.45. The molecule has 1 rings (SSSR count). The predicted octanol–water partition coefficient (Wildman–Crippen LogP) is 0.653. The number of methoxy groups -OCH3 is 1. The van der Waals surface area contributed by atoms with Crippen molar-refractivity contribution in [1.29, 1.82) is 0 Å². The third-order valence-corrected chi connectivity index (χ3v) is 2.20. The molecule has 15 heavy (non-hydrogen) atoms. The van der Waals surface area contributed by atoms with Crippen LogP contribution in [0, 0.1) is 5.41 Å². The normalized spacial score (nSPS) is 11.2. The standard InChI is InChI=1S/C10H15N3O2/c1-10(2,6-11)8(14)7-9(15-3)13-5-4-12-7/h4-5H,6,11H2,1-3H3. The van der Waals surface area contributed by atoms with Gasteiger partial charge < -0.3 is 10.5 Å². The number of ketones is 1. The van der Waals surface area contributed by atoms with Gasteiger partial charge in [0, 0.05) is 24.4 Å². The lowest BCUT2D eigenvalue weighted by Crippen LogP contribution is -2.33. The molecule has 0 saturated carbocycles. The fourth-order valence-electron chi connectivity index (χ4n) is 1.04. The van der Waals surface area contributed by atoms with Crippen LogP contribution in [0.3, 0.4) is 0 Å². The largest absolute Gasteiger partial charge is 0.479 e. The number of Topliss-reactive ketones (excluding diaryl/α,β-unsaturated/α-hetero) is 1. The maximum atomic E-state index is 12.0. The van der Waals surface area contributed by atoms with Crippen LogP contribution < -0.4 is 10.5 Å². The van der Waals surface area contributed by atoms with E-state index in [2.05, 4.69) is 9.97 Å². The highest BCUT2D eigenvalue weighted by Crippen LogP contribution is 2.23. The highest BCUT2D eigenvalue weighted by molar-refractivity contribution is 6.00. The molecule has 82 valence electrons. The van der Waals surface area contributed by atoms with Gasteiger partial charge in [-0.15, -0.1) is 0 Å². The van der Waals surface area contributed by atoms with E-state index in [1.807, 2.05) is 0 Å². The van der Waals surface area contributed by atoms with Crippen molar-refractivity contribution in [3.05, 3.63) is 18.1 Å². The first-order valence-electron chi connectivity index (χ1n) is 4.63. The van der Waals surface area contributed by atoms with Crippen LogP contribution in [0.15, 0.2) is 12.4 Å². The Kier molecular flexibility index (Phi) is 3.36. The number of hydrogen-bond acceptors (Lipinski definition) is 5. The number of carbonyl (C=O) groups is 1. The summed E-state index contributed by atoms with van der Waals surface area (Å²) in [5, 5.41) is 0. The summed E-state index contributed by atoms with van der Waals surface area (Å²) in [5.41, 5.74) is 5.11. The van der Waals surface area contributed by atoms with Gasteiger partial charge in [0.15, 0.2) is 11.5 Å². The van der Waals surface area contributed by atoms with Gasteiger partial charge in [0.2, 0.25) is 5.88 Å². The van der Waals surface area contributed by atoms with Gasteiger partial charge in [-0.3, -0.25) is 4.79 Å². The van der Waals surface area contributed by atoms with Crippen molar-refractivity contribution >= 4 is 5.78 Å². The molecule has 0 unspecified atom stereocenters. The molecule has 0 amide bonds. The molecule has 0 radical (unpaired) electrons. The summed E-state index contributed by atoms with van der Waals surface area (Å²) in [6, 6.07) is 0. The summed E-state index contributed by atoms with van der Waals surface area (Å²) < 4.78 is 4.97. The number of rotatable bonds is 4. The van der Waals surface area contributed by atoms with Crippen LogP contribution in [0.5, 0.6) is 5.88 Å². The molecule has 0 atom stereocenters. The van der Waals surface area contributed by atoms with Crippen LogP contribution >= 0.6 is 0 Å². The quantitative estimate of drug-likeness (QED) is 0.737. The van der Waals surface area contributed by atoms with E-state index >= 15 is 0 Å². The lowest BCUT2D eigenvalue weighted by molar-refractivity contribution is 0.0837. The first kappa shape index (κ1) is 11.6. The Morgan fingerprint density at radius 1 is 1.47 bits per heavy atom. The summed E-state index contributed by atoms with van der Waals surface area (Å²) in [6.45, 7) is 3.79. The zero-order chi connectivity index (χ0) is 11.5. The maximum Gasteiger partial charge on any atom is 0.243 e. The van der Waals surface area contributed by atoms with E-state index in [4.69, 9.17) is 10.5 Å². The van der Waals surface area contributed by atoms with Crippen LogP contribution in [0.25, 0.3) is 0 Å². The summed E-state index contributed by atoms with van der Waals surface area (Å²) >= 11 is 0. The van der Waals surface area contributed by atoms with Gasteiger partial charge in [0.25, 0.3) is 0 Å². The van der Waals surface area contributed by atoms with Crippen molar-refractivity contribution in [1.82, 2.24) is 9.97 Å². The van der Waals surface area contributed by atoms with Gasteiger partial charge >= 0.3 is 0 Å². The molecular weight excluding hydrogens is 194 g/mol. The maximum absolute atomic E-state index is 12.0. The summed E-state index contributed by atoms with van der Waals surface area (Å²) in [5.74, 6) is 0.0824. The smallest absolute Gasteiger partial charge is 0.243 e. The predicted molar refractivity (Wildman–Crippen MR) is 55.7 cm³/mol. The molecule has 0 spiro atoms. The number of carbonyl (C=O) groups excluding carboxylic acids is 1. The van der Waals surface area contributed by atoms with E-state index in [1.165, 1.54) is 19.5 Å². The molecule has 0 fully saturated rings. The number of nitrogens with two attached hydrogens (primary N) is 1. The van der Waals surface area contributed by atoms with Crippen molar-refractivity contribution < 1.29 is 9.53 Å². The van der Waals surface area contributed by atoms with Gasteiger partial charge in [-0.2, -0.15) is 0 Å². The Bertz CT molecular complexity index is 363. The molecule has 2 N–H and O–H groups in total. The Labute approximate surface area is 88.7 Å². The molecule has 5 nitrogen and oxygen atoms in total. The van der Waals surface area contributed by atoms with Gasteiger partial charge in [0.05, 0.1) is 7.11 Å². The third kappa shape index (κ3) is 2.30. The second kappa shape index (κ2) is 4.35. The lowest BCUT2D eigenvalue weighted by Gasteiger charge is -2.20. The Hall–Kier alpha value is -1.49. The molecule has 5 heteroatoms. The molecule has 0 aliphatic rings. The second-order valence-electron chi connectivity index (χ2n) is 3.83. The van der Waals surface area contributed by atoms with E-state index in [0.717, 1.165) is 0 Å². The van der Waals surface area contributed by atoms with Crippen molar-refractivity contribution in [2.45, 2.75) is 13.8 Å². The molecule has 0 aliphatic heterocycles. The fourth-order valence-corrected chi connectivity index (χ4v) is 1.04. The van der Waals surface area contributed by atoms with E-state index in [1.54, 1.807) is 13.8 Å². The summed E-state index contributed by atoms with van der Waals surface area (Å²) in [6.07, 6.45) is 2.94. The van der Waals surface area contributed by atoms with Crippen molar-refractivity contribution in [3.63, 3.8) is 0 Å². The van der Waals surface area contributed by atoms with Crippen LogP contribution in [-0.4, -0.2) is 29.4 Å². The third-order valence-electron chi connectivity index (χ3n) is 2.20.